The molecule has 0 aliphatic heterocycles. The van der Waals surface area contributed by atoms with Crippen LogP contribution < -0.4 is 10.5 Å². The van der Waals surface area contributed by atoms with Crippen LogP contribution in [0.15, 0.2) is 54.6 Å². The Bertz CT molecular complexity index is 739. The lowest BCUT2D eigenvalue weighted by Crippen LogP contribution is -2.37. The highest BCUT2D eigenvalue weighted by molar-refractivity contribution is 7.88. The summed E-state index contributed by atoms with van der Waals surface area (Å²) >= 11 is 0. The van der Waals surface area contributed by atoms with Crippen molar-refractivity contribution in [3.63, 3.8) is 0 Å². The van der Waals surface area contributed by atoms with Crippen molar-refractivity contribution in [3.8, 4) is 5.75 Å². The Morgan fingerprint density at radius 1 is 1.00 bits per heavy atom. The van der Waals surface area contributed by atoms with Gasteiger partial charge in [0.2, 0.25) is 10.0 Å². The Morgan fingerprint density at radius 3 is 2.32 bits per heavy atom. The molecule has 2 aromatic carbocycles. The van der Waals surface area contributed by atoms with Gasteiger partial charge in [-0.3, -0.25) is 0 Å². The lowest BCUT2D eigenvalue weighted by Gasteiger charge is -2.21. The first kappa shape index (κ1) is 21.4. The maximum absolute atomic E-state index is 12.7. The number of nitrogens with two attached hydrogens (primary N) is 1. The molecule has 0 aliphatic rings. The van der Waals surface area contributed by atoms with Gasteiger partial charge in [-0.2, -0.15) is 0 Å². The molecule has 0 aliphatic carbocycles. The van der Waals surface area contributed by atoms with E-state index in [1.807, 2.05) is 30.3 Å². The van der Waals surface area contributed by atoms with Crippen LogP contribution in [0.25, 0.3) is 0 Å². The zero-order chi connectivity index (χ0) is 17.4. The van der Waals surface area contributed by atoms with E-state index in [0.29, 0.717) is 37.4 Å². The fourth-order valence-electron chi connectivity index (χ4n) is 2.50. The van der Waals surface area contributed by atoms with Crippen LogP contribution in [0.2, 0.25) is 0 Å². The molecular weight excluding hydrogens is 360 g/mol. The maximum Gasteiger partial charge on any atom is 0.218 e. The molecule has 0 atom stereocenters. The minimum atomic E-state index is -3.43. The number of halogens is 1. The Kier molecular flexibility index (Phi) is 8.92. The first-order valence-corrected chi connectivity index (χ1v) is 9.51. The van der Waals surface area contributed by atoms with Gasteiger partial charge in [-0.25, -0.2) is 12.7 Å². The summed E-state index contributed by atoms with van der Waals surface area (Å²) in [7, 11) is -1.87. The van der Waals surface area contributed by atoms with Crippen LogP contribution in [-0.4, -0.2) is 39.5 Å². The van der Waals surface area contributed by atoms with Crippen molar-refractivity contribution in [2.24, 2.45) is 5.73 Å². The van der Waals surface area contributed by atoms with Gasteiger partial charge < -0.3 is 10.5 Å². The molecule has 0 amide bonds. The van der Waals surface area contributed by atoms with Gasteiger partial charge in [-0.15, -0.1) is 12.4 Å². The van der Waals surface area contributed by atoms with Crippen LogP contribution in [0.5, 0.6) is 5.75 Å². The van der Waals surface area contributed by atoms with Crippen LogP contribution >= 0.6 is 12.4 Å². The number of methoxy groups -OCH3 is 1. The van der Waals surface area contributed by atoms with E-state index in [9.17, 15) is 8.42 Å². The quantitative estimate of drug-likeness (QED) is 0.720. The maximum atomic E-state index is 12.7. The Hall–Kier alpha value is -1.60. The third kappa shape index (κ3) is 6.66. The molecule has 0 unspecified atom stereocenters. The van der Waals surface area contributed by atoms with E-state index >= 15 is 0 Å². The average molecular weight is 385 g/mol. The Morgan fingerprint density at radius 2 is 1.68 bits per heavy atom. The summed E-state index contributed by atoms with van der Waals surface area (Å²) in [4.78, 5) is 0. The van der Waals surface area contributed by atoms with Crippen molar-refractivity contribution in [1.29, 1.82) is 0 Å². The van der Waals surface area contributed by atoms with Crippen molar-refractivity contribution in [1.82, 2.24) is 4.31 Å². The molecule has 2 rings (SSSR count). The Balaban J connectivity index is 0.00000312. The highest BCUT2D eigenvalue weighted by Crippen LogP contribution is 2.17. The van der Waals surface area contributed by atoms with Crippen molar-refractivity contribution in [3.05, 3.63) is 65.7 Å². The topological polar surface area (TPSA) is 72.6 Å². The number of hydrogen-bond donors (Lipinski definition) is 1. The third-order valence-electron chi connectivity index (χ3n) is 3.75. The standard InChI is InChI=1S/C18H24N2O3S.ClH/c1-23-18-9-5-8-17(14-18)15-24(21,22)20(13-11-19)12-10-16-6-3-2-4-7-16;/h2-9,14H,10-13,15,19H2,1H3;1H. The van der Waals surface area contributed by atoms with E-state index in [-0.39, 0.29) is 18.2 Å². The number of ether oxygens (including phenoxy) is 1. The molecule has 0 radical (unpaired) electrons. The number of rotatable bonds is 9. The molecule has 0 spiro atoms. The van der Waals surface area contributed by atoms with Crippen molar-refractivity contribution < 1.29 is 13.2 Å². The van der Waals surface area contributed by atoms with E-state index in [4.69, 9.17) is 10.5 Å². The highest BCUT2D eigenvalue weighted by atomic mass is 35.5. The van der Waals surface area contributed by atoms with E-state index in [2.05, 4.69) is 0 Å². The van der Waals surface area contributed by atoms with Gasteiger partial charge in [-0.05, 0) is 29.7 Å². The van der Waals surface area contributed by atoms with Crippen LogP contribution in [0, 0.1) is 0 Å². The fraction of sp³-hybridized carbons (Fsp3) is 0.333. The molecule has 138 valence electrons. The Labute approximate surface area is 156 Å². The molecule has 0 aromatic heterocycles. The van der Waals surface area contributed by atoms with Crippen molar-refractivity contribution in [2.45, 2.75) is 12.2 Å². The van der Waals surface area contributed by atoms with E-state index < -0.39 is 10.0 Å². The largest absolute Gasteiger partial charge is 0.497 e. The zero-order valence-corrected chi connectivity index (χ0v) is 15.9. The van der Waals surface area contributed by atoms with Gasteiger partial charge in [0.05, 0.1) is 12.9 Å². The lowest BCUT2D eigenvalue weighted by atomic mass is 10.1. The minimum absolute atomic E-state index is 0. The predicted octanol–water partition coefficient (Wildman–Crippen LogP) is 2.45. The third-order valence-corrected chi connectivity index (χ3v) is 5.60. The molecule has 25 heavy (non-hydrogen) atoms. The van der Waals surface area contributed by atoms with Gasteiger partial charge in [0.15, 0.2) is 0 Å². The predicted molar refractivity (Wildman–Crippen MR) is 104 cm³/mol. The van der Waals surface area contributed by atoms with E-state index in [1.54, 1.807) is 31.4 Å². The number of hydrogen-bond acceptors (Lipinski definition) is 4. The smallest absolute Gasteiger partial charge is 0.218 e. The first-order valence-electron chi connectivity index (χ1n) is 7.90. The molecule has 2 N–H and O–H groups in total. The average Bonchev–Trinajstić information content (AvgIpc) is 2.59. The van der Waals surface area contributed by atoms with Crippen LogP contribution in [0.3, 0.4) is 0 Å². The summed E-state index contributed by atoms with van der Waals surface area (Å²) in [6.07, 6.45) is 0.665. The fourth-order valence-corrected chi connectivity index (χ4v) is 4.03. The number of sulfonamides is 1. The summed E-state index contributed by atoms with van der Waals surface area (Å²) in [5.74, 6) is 0.594. The van der Waals surface area contributed by atoms with Gasteiger partial charge in [0.1, 0.15) is 5.75 Å². The van der Waals surface area contributed by atoms with Gasteiger partial charge in [0, 0.05) is 19.6 Å². The zero-order valence-electron chi connectivity index (χ0n) is 14.3. The highest BCUT2D eigenvalue weighted by Gasteiger charge is 2.22. The van der Waals surface area contributed by atoms with Crippen LogP contribution in [0.1, 0.15) is 11.1 Å². The van der Waals surface area contributed by atoms with Gasteiger partial charge in [0.25, 0.3) is 0 Å². The summed E-state index contributed by atoms with van der Waals surface area (Å²) in [5, 5.41) is 0. The molecule has 5 nitrogen and oxygen atoms in total. The van der Waals surface area contributed by atoms with Crippen molar-refractivity contribution >= 4 is 22.4 Å². The SMILES string of the molecule is COc1cccc(CS(=O)(=O)N(CCN)CCc2ccccc2)c1.Cl. The molecule has 0 bridgehead atoms. The summed E-state index contributed by atoms with van der Waals surface area (Å²) in [5.41, 5.74) is 7.42. The van der Waals surface area contributed by atoms with E-state index in [0.717, 1.165) is 5.56 Å². The summed E-state index contributed by atoms with van der Waals surface area (Å²) < 4.78 is 32.1. The molecule has 0 saturated carbocycles. The number of benzene rings is 2. The molecule has 0 fully saturated rings. The monoisotopic (exact) mass is 384 g/mol. The summed E-state index contributed by atoms with van der Waals surface area (Å²) in [6, 6.07) is 17.0. The first-order chi connectivity index (χ1) is 11.5. The van der Waals surface area contributed by atoms with Crippen LogP contribution in [-0.2, 0) is 22.2 Å². The second kappa shape index (κ2) is 10.4. The van der Waals surface area contributed by atoms with E-state index in [1.165, 1.54) is 4.31 Å². The van der Waals surface area contributed by atoms with Crippen LogP contribution in [0.4, 0.5) is 0 Å². The van der Waals surface area contributed by atoms with Gasteiger partial charge in [-0.1, -0.05) is 42.5 Å². The van der Waals surface area contributed by atoms with Gasteiger partial charge >= 0.3 is 0 Å². The molecule has 7 heteroatoms. The number of nitrogens with zero attached hydrogens (tertiary/aromatic N) is 1. The molecule has 2 aromatic rings. The molecule has 0 saturated heterocycles. The summed E-state index contributed by atoms with van der Waals surface area (Å²) in [6.45, 7) is 1.04. The molecular formula is C18H25ClN2O3S. The lowest BCUT2D eigenvalue weighted by molar-refractivity contribution is 0.413. The normalized spacial score (nSPS) is 11.2. The van der Waals surface area contributed by atoms with Crippen molar-refractivity contribution in [2.75, 3.05) is 26.7 Å². The molecule has 0 heterocycles. The second-order valence-corrected chi connectivity index (χ2v) is 7.50. The second-order valence-electron chi connectivity index (χ2n) is 5.53. The minimum Gasteiger partial charge on any atom is -0.497 e.